The number of nitrogens with one attached hydrogen (secondary N) is 1. The number of carboxylic acids is 1. The second kappa shape index (κ2) is 6.18. The quantitative estimate of drug-likeness (QED) is 0.502. The van der Waals surface area contributed by atoms with Crippen molar-refractivity contribution in [2.45, 2.75) is 12.1 Å². The number of Topliss-reactive ketones (excluding diaryl/α,β-unsaturated/α-hetero) is 1. The van der Waals surface area contributed by atoms with Crippen LogP contribution in [0.5, 0.6) is 0 Å². The summed E-state index contributed by atoms with van der Waals surface area (Å²) in [4.78, 5) is 24.4. The van der Waals surface area contributed by atoms with Gasteiger partial charge < -0.3 is 21.3 Å². The van der Waals surface area contributed by atoms with E-state index in [0.29, 0.717) is 22.2 Å². The fourth-order valence-corrected chi connectivity index (χ4v) is 4.31. The molecule has 0 bridgehead atoms. The van der Waals surface area contributed by atoms with Gasteiger partial charge in [-0.3, -0.25) is 4.79 Å². The van der Waals surface area contributed by atoms with Gasteiger partial charge in [0.15, 0.2) is 5.78 Å². The van der Waals surface area contributed by atoms with Crippen molar-refractivity contribution >= 4 is 40.0 Å². The molecule has 2 aliphatic rings. The molecule has 3 aromatic rings. The molecule has 5 N–H and O–H groups in total. The zero-order chi connectivity index (χ0) is 20.3. The van der Waals surface area contributed by atoms with E-state index >= 15 is 0 Å². The Morgan fingerprint density at radius 2 is 1.90 bits per heavy atom. The first-order chi connectivity index (χ1) is 13.9. The first kappa shape index (κ1) is 17.5. The van der Waals surface area contributed by atoms with Gasteiger partial charge in [-0.2, -0.15) is 0 Å². The fourth-order valence-electron chi connectivity index (χ4n) is 4.31. The summed E-state index contributed by atoms with van der Waals surface area (Å²) in [5, 5.41) is 24.9. The Hall–Kier alpha value is -3.64. The van der Waals surface area contributed by atoms with Crippen LogP contribution in [-0.4, -0.2) is 28.0 Å². The standard InChI is InChI=1S/C23H18N2O4/c24-17-3-1-2-11-6-7-18(25-20(11)17)19-21(26)15-9-12-4-5-13(23(28)29)8-14(12)10-16(15)22(19)27/h1-10,18-19,21,25-26H,24H2,(H,28,29). The van der Waals surface area contributed by atoms with Gasteiger partial charge >= 0.3 is 5.97 Å². The molecule has 6 nitrogen and oxygen atoms in total. The van der Waals surface area contributed by atoms with Gasteiger partial charge in [-0.15, -0.1) is 0 Å². The summed E-state index contributed by atoms with van der Waals surface area (Å²) in [6.07, 6.45) is 2.82. The summed E-state index contributed by atoms with van der Waals surface area (Å²) >= 11 is 0. The third-order valence-corrected chi connectivity index (χ3v) is 5.79. The molecule has 3 atom stereocenters. The lowest BCUT2D eigenvalue weighted by Crippen LogP contribution is -2.35. The van der Waals surface area contributed by atoms with Crippen molar-refractivity contribution < 1.29 is 19.8 Å². The lowest BCUT2D eigenvalue weighted by molar-refractivity contribution is 0.0695. The van der Waals surface area contributed by atoms with Crippen molar-refractivity contribution in [1.82, 2.24) is 0 Å². The van der Waals surface area contributed by atoms with Gasteiger partial charge in [0.25, 0.3) is 0 Å². The van der Waals surface area contributed by atoms with E-state index in [0.717, 1.165) is 16.6 Å². The number of benzene rings is 3. The van der Waals surface area contributed by atoms with E-state index in [9.17, 15) is 19.8 Å². The molecule has 0 spiro atoms. The van der Waals surface area contributed by atoms with Gasteiger partial charge in [0.05, 0.1) is 35.0 Å². The van der Waals surface area contributed by atoms with Gasteiger partial charge in [-0.25, -0.2) is 4.79 Å². The third-order valence-electron chi connectivity index (χ3n) is 5.79. The summed E-state index contributed by atoms with van der Waals surface area (Å²) in [7, 11) is 0. The number of fused-ring (bicyclic) bond motifs is 3. The molecule has 5 rings (SSSR count). The molecule has 0 radical (unpaired) electrons. The predicted molar refractivity (Wildman–Crippen MR) is 111 cm³/mol. The average Bonchev–Trinajstić information content (AvgIpc) is 2.96. The molecule has 1 heterocycles. The highest BCUT2D eigenvalue weighted by Crippen LogP contribution is 2.43. The number of nitrogen functional groups attached to an aromatic ring is 1. The second-order valence-corrected chi connectivity index (χ2v) is 7.48. The number of carbonyl (C=O) groups excluding carboxylic acids is 1. The van der Waals surface area contributed by atoms with Crippen LogP contribution in [0.4, 0.5) is 11.4 Å². The number of rotatable bonds is 2. The van der Waals surface area contributed by atoms with Gasteiger partial charge in [-0.1, -0.05) is 30.4 Å². The van der Waals surface area contributed by atoms with Gasteiger partial charge in [0.1, 0.15) is 0 Å². The largest absolute Gasteiger partial charge is 0.478 e. The number of hydrogen-bond donors (Lipinski definition) is 4. The lowest BCUT2D eigenvalue weighted by Gasteiger charge is -2.29. The number of carbonyl (C=O) groups is 2. The molecule has 0 aromatic heterocycles. The van der Waals surface area contributed by atoms with Crippen LogP contribution in [0.3, 0.4) is 0 Å². The number of anilines is 2. The summed E-state index contributed by atoms with van der Waals surface area (Å²) in [6.45, 7) is 0. The Kier molecular flexibility index (Phi) is 3.72. The first-order valence-corrected chi connectivity index (χ1v) is 9.30. The molecule has 144 valence electrons. The topological polar surface area (TPSA) is 113 Å². The Labute approximate surface area is 166 Å². The zero-order valence-electron chi connectivity index (χ0n) is 15.3. The smallest absolute Gasteiger partial charge is 0.335 e. The molecule has 3 aromatic carbocycles. The maximum atomic E-state index is 13.2. The minimum atomic E-state index is -1.02. The molecule has 1 aliphatic heterocycles. The molecular formula is C23H18N2O4. The van der Waals surface area contributed by atoms with Crippen molar-refractivity contribution in [3.8, 4) is 0 Å². The first-order valence-electron chi connectivity index (χ1n) is 9.30. The van der Waals surface area contributed by atoms with Crippen LogP contribution in [0.15, 0.2) is 54.6 Å². The van der Waals surface area contributed by atoms with E-state index in [1.54, 1.807) is 30.3 Å². The minimum Gasteiger partial charge on any atom is -0.478 e. The minimum absolute atomic E-state index is 0.156. The third kappa shape index (κ3) is 2.61. The molecule has 0 saturated carbocycles. The van der Waals surface area contributed by atoms with E-state index in [2.05, 4.69) is 5.32 Å². The van der Waals surface area contributed by atoms with E-state index in [-0.39, 0.29) is 11.3 Å². The fraction of sp³-hybridized carbons (Fsp3) is 0.130. The summed E-state index contributed by atoms with van der Waals surface area (Å²) in [5.41, 5.74) is 9.50. The van der Waals surface area contributed by atoms with Crippen molar-refractivity contribution in [2.75, 3.05) is 11.1 Å². The Morgan fingerprint density at radius 3 is 2.69 bits per heavy atom. The van der Waals surface area contributed by atoms with E-state index in [1.807, 2.05) is 24.3 Å². The van der Waals surface area contributed by atoms with E-state index < -0.39 is 24.0 Å². The summed E-state index contributed by atoms with van der Waals surface area (Å²) in [6, 6.07) is 13.4. The summed E-state index contributed by atoms with van der Waals surface area (Å²) in [5.74, 6) is -1.88. The molecule has 1 aliphatic carbocycles. The van der Waals surface area contributed by atoms with Crippen molar-refractivity contribution in [3.05, 3.63) is 76.9 Å². The van der Waals surface area contributed by atoms with Crippen LogP contribution in [0, 0.1) is 5.92 Å². The molecule has 6 heteroatoms. The van der Waals surface area contributed by atoms with E-state index in [4.69, 9.17) is 5.73 Å². The average molecular weight is 386 g/mol. The molecule has 3 unspecified atom stereocenters. The van der Waals surface area contributed by atoms with Crippen LogP contribution in [-0.2, 0) is 0 Å². The highest BCUT2D eigenvalue weighted by Gasteiger charge is 2.43. The monoisotopic (exact) mass is 386 g/mol. The number of aromatic carboxylic acids is 1. The number of ketones is 1. The molecule has 0 saturated heterocycles. The maximum absolute atomic E-state index is 13.2. The van der Waals surface area contributed by atoms with Crippen molar-refractivity contribution in [1.29, 1.82) is 0 Å². The number of nitrogens with two attached hydrogens (primary N) is 1. The number of aliphatic hydroxyl groups excluding tert-OH is 1. The van der Waals surface area contributed by atoms with Crippen molar-refractivity contribution in [3.63, 3.8) is 0 Å². The lowest BCUT2D eigenvalue weighted by atomic mass is 9.90. The zero-order valence-corrected chi connectivity index (χ0v) is 15.3. The molecule has 0 amide bonds. The van der Waals surface area contributed by atoms with Crippen LogP contribution in [0.25, 0.3) is 16.8 Å². The predicted octanol–water partition coefficient (Wildman–Crippen LogP) is 3.47. The second-order valence-electron chi connectivity index (χ2n) is 7.48. The Balaban J connectivity index is 1.55. The number of para-hydroxylation sites is 1. The van der Waals surface area contributed by atoms with Crippen molar-refractivity contribution in [2.24, 2.45) is 5.92 Å². The van der Waals surface area contributed by atoms with Crippen LogP contribution in [0.1, 0.15) is 37.9 Å². The van der Waals surface area contributed by atoms with Gasteiger partial charge in [0.2, 0.25) is 0 Å². The molecular weight excluding hydrogens is 368 g/mol. The van der Waals surface area contributed by atoms with Gasteiger partial charge in [0, 0.05) is 5.56 Å². The highest BCUT2D eigenvalue weighted by atomic mass is 16.4. The number of carboxylic acid groups (broad SMARTS) is 1. The van der Waals surface area contributed by atoms with Crippen LogP contribution < -0.4 is 11.1 Å². The van der Waals surface area contributed by atoms with E-state index in [1.165, 1.54) is 6.07 Å². The van der Waals surface area contributed by atoms with Crippen LogP contribution >= 0.6 is 0 Å². The molecule has 29 heavy (non-hydrogen) atoms. The number of hydrogen-bond acceptors (Lipinski definition) is 5. The Morgan fingerprint density at radius 1 is 1.07 bits per heavy atom. The molecule has 0 fully saturated rings. The maximum Gasteiger partial charge on any atom is 0.335 e. The highest BCUT2D eigenvalue weighted by molar-refractivity contribution is 6.08. The summed E-state index contributed by atoms with van der Waals surface area (Å²) < 4.78 is 0. The SMILES string of the molecule is Nc1cccc2c1NC(C1C(=O)c3cc4cc(C(=O)O)ccc4cc3C1O)C=C2. The number of aliphatic hydroxyl groups is 1. The Bertz CT molecular complexity index is 1230. The van der Waals surface area contributed by atoms with Gasteiger partial charge in [-0.05, 0) is 52.2 Å². The van der Waals surface area contributed by atoms with Crippen LogP contribution in [0.2, 0.25) is 0 Å². The normalized spacial score (nSPS) is 22.2.